The Morgan fingerprint density at radius 2 is 1.68 bits per heavy atom. The highest BCUT2D eigenvalue weighted by Gasteiger charge is 2.24. The van der Waals surface area contributed by atoms with Crippen LogP contribution in [0.4, 0.5) is 4.79 Å². The van der Waals surface area contributed by atoms with Gasteiger partial charge in [-0.3, -0.25) is 19.8 Å². The highest BCUT2D eigenvalue weighted by molar-refractivity contribution is 7.13. The van der Waals surface area contributed by atoms with E-state index in [1.807, 2.05) is 24.0 Å². The third-order valence-electron chi connectivity index (χ3n) is 5.45. The third kappa shape index (κ3) is 6.31. The van der Waals surface area contributed by atoms with Crippen molar-refractivity contribution in [2.75, 3.05) is 19.6 Å². The molecule has 1 aromatic heterocycles. The molecule has 0 unspecified atom stereocenters. The van der Waals surface area contributed by atoms with Gasteiger partial charge in [0.2, 0.25) is 5.91 Å². The zero-order valence-corrected chi connectivity index (χ0v) is 17.3. The number of carbonyl (C=O) groups is 3. The molecule has 0 radical (unpaired) electrons. The van der Waals surface area contributed by atoms with Gasteiger partial charge in [-0.2, -0.15) is 0 Å². The number of piperidine rings is 1. The highest BCUT2D eigenvalue weighted by atomic mass is 32.1. The van der Waals surface area contributed by atoms with Gasteiger partial charge >= 0.3 is 6.03 Å². The third-order valence-corrected chi connectivity index (χ3v) is 6.45. The standard InChI is InChI=1S/C20H30N4O3S/c1-14-7-8-17(28-14)19(26)21-16-9-11-24(12-10-16)13-18(25)23-20(27)22-15-5-3-2-4-6-15/h7-8,15-16H,2-6,9-13H2,1H3,(H,21,26)(H2,22,23,25,27). The van der Waals surface area contributed by atoms with Crippen LogP contribution in [0.25, 0.3) is 0 Å². The van der Waals surface area contributed by atoms with Gasteiger partial charge in [-0.1, -0.05) is 19.3 Å². The van der Waals surface area contributed by atoms with Crippen molar-refractivity contribution in [3.05, 3.63) is 21.9 Å². The molecule has 2 fully saturated rings. The van der Waals surface area contributed by atoms with Gasteiger partial charge in [0, 0.05) is 30.1 Å². The van der Waals surface area contributed by atoms with E-state index in [2.05, 4.69) is 16.0 Å². The predicted octanol–water partition coefficient (Wildman–Crippen LogP) is 2.41. The summed E-state index contributed by atoms with van der Waals surface area (Å²) in [5.41, 5.74) is 0. The van der Waals surface area contributed by atoms with Crippen molar-refractivity contribution >= 4 is 29.2 Å². The van der Waals surface area contributed by atoms with E-state index in [-0.39, 0.29) is 36.5 Å². The molecule has 1 saturated carbocycles. The Bertz CT molecular complexity index is 691. The van der Waals surface area contributed by atoms with Crippen LogP contribution in [-0.4, -0.2) is 54.5 Å². The minimum absolute atomic E-state index is 0.0197. The first-order valence-corrected chi connectivity index (χ1v) is 11.0. The fourth-order valence-electron chi connectivity index (χ4n) is 3.89. The first kappa shape index (κ1) is 20.8. The Hall–Kier alpha value is -1.93. The molecule has 0 bridgehead atoms. The molecule has 8 heteroatoms. The largest absolute Gasteiger partial charge is 0.349 e. The van der Waals surface area contributed by atoms with Gasteiger partial charge in [0.25, 0.3) is 5.91 Å². The molecule has 154 valence electrons. The van der Waals surface area contributed by atoms with Crippen LogP contribution in [0.3, 0.4) is 0 Å². The summed E-state index contributed by atoms with van der Waals surface area (Å²) >= 11 is 1.50. The first-order valence-electron chi connectivity index (χ1n) is 10.2. The van der Waals surface area contributed by atoms with E-state index in [9.17, 15) is 14.4 Å². The van der Waals surface area contributed by atoms with Crippen molar-refractivity contribution in [1.29, 1.82) is 0 Å². The van der Waals surface area contributed by atoms with Gasteiger partial charge in [0.05, 0.1) is 11.4 Å². The number of nitrogens with one attached hydrogen (secondary N) is 3. The maximum atomic E-state index is 12.2. The molecule has 0 aromatic carbocycles. The molecular weight excluding hydrogens is 376 g/mol. The van der Waals surface area contributed by atoms with E-state index in [0.717, 1.165) is 61.4 Å². The van der Waals surface area contributed by atoms with Crippen LogP contribution in [0.5, 0.6) is 0 Å². The monoisotopic (exact) mass is 406 g/mol. The fourth-order valence-corrected chi connectivity index (χ4v) is 4.66. The molecule has 1 saturated heterocycles. The number of hydrogen-bond acceptors (Lipinski definition) is 5. The lowest BCUT2D eigenvalue weighted by Gasteiger charge is -2.31. The predicted molar refractivity (Wildman–Crippen MR) is 110 cm³/mol. The highest BCUT2D eigenvalue weighted by Crippen LogP contribution is 2.18. The number of rotatable bonds is 5. The van der Waals surface area contributed by atoms with E-state index in [1.54, 1.807) is 0 Å². The average Bonchev–Trinajstić information content (AvgIpc) is 3.10. The van der Waals surface area contributed by atoms with Crippen molar-refractivity contribution in [3.8, 4) is 0 Å². The second kappa shape index (κ2) is 10.0. The van der Waals surface area contributed by atoms with Crippen LogP contribution in [0.1, 0.15) is 59.5 Å². The SMILES string of the molecule is Cc1ccc(C(=O)NC2CCN(CC(=O)NC(=O)NC3CCCCC3)CC2)s1. The summed E-state index contributed by atoms with van der Waals surface area (Å²) in [7, 11) is 0. The Labute approximate surface area is 170 Å². The number of aryl methyl sites for hydroxylation is 1. The molecule has 3 N–H and O–H groups in total. The van der Waals surface area contributed by atoms with Gasteiger partial charge in [-0.15, -0.1) is 11.3 Å². The Balaban J connectivity index is 1.33. The average molecular weight is 407 g/mol. The molecule has 2 heterocycles. The summed E-state index contributed by atoms with van der Waals surface area (Å²) in [4.78, 5) is 40.2. The lowest BCUT2D eigenvalue weighted by Crippen LogP contribution is -2.50. The van der Waals surface area contributed by atoms with Crippen molar-refractivity contribution in [2.45, 2.75) is 64.0 Å². The topological polar surface area (TPSA) is 90.5 Å². The second-order valence-electron chi connectivity index (χ2n) is 7.79. The van der Waals surface area contributed by atoms with Crippen LogP contribution in [0, 0.1) is 6.92 Å². The molecule has 0 spiro atoms. The van der Waals surface area contributed by atoms with Crippen LogP contribution in [0.15, 0.2) is 12.1 Å². The molecule has 4 amide bonds. The van der Waals surface area contributed by atoms with Crippen molar-refractivity contribution in [3.63, 3.8) is 0 Å². The summed E-state index contributed by atoms with van der Waals surface area (Å²) in [6, 6.07) is 3.74. The minimum Gasteiger partial charge on any atom is -0.349 e. The van der Waals surface area contributed by atoms with Gasteiger partial charge < -0.3 is 10.6 Å². The first-order chi connectivity index (χ1) is 13.5. The lowest BCUT2D eigenvalue weighted by molar-refractivity contribution is -0.121. The maximum absolute atomic E-state index is 12.2. The zero-order valence-electron chi connectivity index (χ0n) is 16.5. The summed E-state index contributed by atoms with van der Waals surface area (Å²) < 4.78 is 0. The minimum atomic E-state index is -0.384. The molecule has 7 nitrogen and oxygen atoms in total. The van der Waals surface area contributed by atoms with Crippen LogP contribution < -0.4 is 16.0 Å². The Morgan fingerprint density at radius 1 is 1.00 bits per heavy atom. The molecule has 1 aliphatic heterocycles. The number of carbonyl (C=O) groups excluding carboxylic acids is 3. The molecule has 2 aliphatic rings. The van der Waals surface area contributed by atoms with E-state index in [0.29, 0.717) is 0 Å². The molecular formula is C20H30N4O3S. The van der Waals surface area contributed by atoms with E-state index >= 15 is 0 Å². The van der Waals surface area contributed by atoms with Gasteiger partial charge in [-0.05, 0) is 44.7 Å². The molecule has 28 heavy (non-hydrogen) atoms. The number of amides is 4. The fraction of sp³-hybridized carbons (Fsp3) is 0.650. The molecule has 1 aromatic rings. The smallest absolute Gasteiger partial charge is 0.321 e. The van der Waals surface area contributed by atoms with E-state index in [1.165, 1.54) is 17.8 Å². The van der Waals surface area contributed by atoms with Crippen molar-refractivity contribution in [2.24, 2.45) is 0 Å². The van der Waals surface area contributed by atoms with Gasteiger partial charge in [-0.25, -0.2) is 4.79 Å². The van der Waals surface area contributed by atoms with Crippen molar-refractivity contribution < 1.29 is 14.4 Å². The van der Waals surface area contributed by atoms with Crippen LogP contribution in [0.2, 0.25) is 0 Å². The number of thiophene rings is 1. The number of hydrogen-bond donors (Lipinski definition) is 3. The molecule has 0 atom stereocenters. The van der Waals surface area contributed by atoms with Gasteiger partial charge in [0.1, 0.15) is 0 Å². The van der Waals surface area contributed by atoms with E-state index in [4.69, 9.17) is 0 Å². The second-order valence-corrected chi connectivity index (χ2v) is 9.08. The summed E-state index contributed by atoms with van der Waals surface area (Å²) in [6.07, 6.45) is 7.09. The molecule has 3 rings (SSSR count). The summed E-state index contributed by atoms with van der Waals surface area (Å²) in [5.74, 6) is -0.293. The van der Waals surface area contributed by atoms with Gasteiger partial charge in [0.15, 0.2) is 0 Å². The number of likely N-dealkylation sites (tertiary alicyclic amines) is 1. The normalized spacial score (nSPS) is 19.2. The summed E-state index contributed by atoms with van der Waals surface area (Å²) in [6.45, 7) is 3.65. The van der Waals surface area contributed by atoms with E-state index < -0.39 is 0 Å². The lowest BCUT2D eigenvalue weighted by atomic mass is 9.96. The zero-order chi connectivity index (χ0) is 19.9. The van der Waals surface area contributed by atoms with Crippen molar-refractivity contribution in [1.82, 2.24) is 20.9 Å². The number of imide groups is 1. The quantitative estimate of drug-likeness (QED) is 0.700. The Morgan fingerprint density at radius 3 is 2.32 bits per heavy atom. The van der Waals surface area contributed by atoms with Crippen LogP contribution >= 0.6 is 11.3 Å². The number of urea groups is 1. The summed E-state index contributed by atoms with van der Waals surface area (Å²) in [5, 5.41) is 8.42. The Kier molecular flexibility index (Phi) is 7.44. The maximum Gasteiger partial charge on any atom is 0.321 e. The van der Waals surface area contributed by atoms with Crippen LogP contribution in [-0.2, 0) is 4.79 Å². The number of nitrogens with zero attached hydrogens (tertiary/aromatic N) is 1. The molecule has 1 aliphatic carbocycles.